The lowest BCUT2D eigenvalue weighted by atomic mass is 9.89. The van der Waals surface area contributed by atoms with Crippen LogP contribution >= 0.6 is 0 Å². The second-order valence-corrected chi connectivity index (χ2v) is 4.74. The Balaban J connectivity index is 2.84. The fourth-order valence-electron chi connectivity index (χ4n) is 2.36. The molecule has 0 unspecified atom stereocenters. The van der Waals surface area contributed by atoms with Crippen molar-refractivity contribution in [1.82, 2.24) is 10.2 Å². The van der Waals surface area contributed by atoms with Gasteiger partial charge >= 0.3 is 0 Å². The number of hydrogen-bond donors (Lipinski definition) is 2. The van der Waals surface area contributed by atoms with Crippen molar-refractivity contribution in [3.8, 4) is 11.1 Å². The van der Waals surface area contributed by atoms with E-state index in [0.717, 1.165) is 11.3 Å². The molecule has 1 aromatic heterocycles. The lowest BCUT2D eigenvalue weighted by Crippen LogP contribution is -1.98. The summed E-state index contributed by atoms with van der Waals surface area (Å²) >= 11 is 0. The van der Waals surface area contributed by atoms with Gasteiger partial charge in [0, 0.05) is 11.3 Å². The zero-order valence-electron chi connectivity index (χ0n) is 11.1. The van der Waals surface area contributed by atoms with Gasteiger partial charge in [-0.2, -0.15) is 5.10 Å². The van der Waals surface area contributed by atoms with E-state index in [0.29, 0.717) is 5.82 Å². The first-order chi connectivity index (χ1) is 7.93. The van der Waals surface area contributed by atoms with Crippen molar-refractivity contribution in [3.63, 3.8) is 0 Å². The summed E-state index contributed by atoms with van der Waals surface area (Å²) in [4.78, 5) is 0. The maximum atomic E-state index is 5.97. The van der Waals surface area contributed by atoms with E-state index >= 15 is 0 Å². The number of nitrogens with zero attached hydrogens (tertiary/aromatic N) is 1. The van der Waals surface area contributed by atoms with Crippen molar-refractivity contribution in [2.24, 2.45) is 0 Å². The quantitative estimate of drug-likeness (QED) is 0.789. The number of aryl methyl sites for hydroxylation is 3. The molecular weight excluding hydrogens is 210 g/mol. The third-order valence-corrected chi connectivity index (χ3v) is 3.59. The van der Waals surface area contributed by atoms with Crippen molar-refractivity contribution in [1.29, 1.82) is 0 Å². The minimum Gasteiger partial charge on any atom is -0.382 e. The van der Waals surface area contributed by atoms with Crippen LogP contribution in [0.25, 0.3) is 11.1 Å². The molecule has 0 saturated carbocycles. The maximum Gasteiger partial charge on any atom is 0.153 e. The summed E-state index contributed by atoms with van der Waals surface area (Å²) in [6.07, 6.45) is 0. The van der Waals surface area contributed by atoms with Crippen LogP contribution in [0, 0.1) is 34.6 Å². The van der Waals surface area contributed by atoms with Crippen LogP contribution in [0.1, 0.15) is 27.9 Å². The molecule has 0 amide bonds. The molecule has 0 fully saturated rings. The molecule has 0 aliphatic carbocycles. The van der Waals surface area contributed by atoms with E-state index in [2.05, 4.69) is 44.0 Å². The van der Waals surface area contributed by atoms with Gasteiger partial charge in [0.05, 0.1) is 0 Å². The van der Waals surface area contributed by atoms with Gasteiger partial charge in [-0.05, 0) is 62.4 Å². The van der Waals surface area contributed by atoms with E-state index in [1.807, 2.05) is 6.92 Å². The molecule has 17 heavy (non-hydrogen) atoms. The molecule has 3 nitrogen and oxygen atoms in total. The zero-order valence-corrected chi connectivity index (χ0v) is 11.1. The van der Waals surface area contributed by atoms with Crippen LogP contribution < -0.4 is 5.73 Å². The second-order valence-electron chi connectivity index (χ2n) is 4.74. The topological polar surface area (TPSA) is 54.7 Å². The Kier molecular flexibility index (Phi) is 2.69. The summed E-state index contributed by atoms with van der Waals surface area (Å²) < 4.78 is 0. The van der Waals surface area contributed by atoms with E-state index in [9.17, 15) is 0 Å². The predicted molar refractivity (Wildman–Crippen MR) is 72.1 cm³/mol. The molecule has 0 saturated heterocycles. The molecule has 1 aromatic carbocycles. The van der Waals surface area contributed by atoms with Gasteiger partial charge in [0.25, 0.3) is 0 Å². The van der Waals surface area contributed by atoms with Crippen LogP contribution in [0.4, 0.5) is 5.82 Å². The fraction of sp³-hybridized carbons (Fsp3) is 0.357. The van der Waals surface area contributed by atoms with E-state index in [-0.39, 0.29) is 0 Å². The van der Waals surface area contributed by atoms with E-state index in [4.69, 9.17) is 5.73 Å². The fourth-order valence-corrected chi connectivity index (χ4v) is 2.36. The highest BCUT2D eigenvalue weighted by atomic mass is 15.2. The Morgan fingerprint density at radius 1 is 0.941 bits per heavy atom. The largest absolute Gasteiger partial charge is 0.382 e. The molecule has 0 bridgehead atoms. The number of hydrogen-bond acceptors (Lipinski definition) is 2. The summed E-state index contributed by atoms with van der Waals surface area (Å²) in [6, 6.07) is 2.22. The minimum atomic E-state index is 0.582. The van der Waals surface area contributed by atoms with E-state index < -0.39 is 0 Å². The molecule has 0 aliphatic heterocycles. The number of aromatic amines is 1. The van der Waals surface area contributed by atoms with Crippen LogP contribution in [-0.4, -0.2) is 10.2 Å². The smallest absolute Gasteiger partial charge is 0.153 e. The van der Waals surface area contributed by atoms with Gasteiger partial charge in [-0.25, -0.2) is 0 Å². The summed E-state index contributed by atoms with van der Waals surface area (Å²) in [5.41, 5.74) is 14.4. The highest BCUT2D eigenvalue weighted by molar-refractivity contribution is 5.82. The summed E-state index contributed by atoms with van der Waals surface area (Å²) in [5.74, 6) is 0.582. The van der Waals surface area contributed by atoms with Gasteiger partial charge < -0.3 is 5.73 Å². The Morgan fingerprint density at radius 3 is 1.88 bits per heavy atom. The standard InChI is InChI=1S/C14H19N3/c1-7-6-8(2)10(4)12(9(7)3)13-11(5)16-17-14(13)15/h6H,1-5H3,(H3,15,16,17). The molecule has 90 valence electrons. The number of benzene rings is 1. The minimum absolute atomic E-state index is 0.582. The molecule has 3 heteroatoms. The van der Waals surface area contributed by atoms with Crippen molar-refractivity contribution >= 4 is 5.82 Å². The van der Waals surface area contributed by atoms with Gasteiger partial charge in [0.15, 0.2) is 5.82 Å². The Bertz CT molecular complexity index is 534. The monoisotopic (exact) mass is 229 g/mol. The molecule has 0 radical (unpaired) electrons. The van der Waals surface area contributed by atoms with E-state index in [1.165, 1.54) is 27.8 Å². The first-order valence-electron chi connectivity index (χ1n) is 5.81. The van der Waals surface area contributed by atoms with Crippen molar-refractivity contribution in [2.75, 3.05) is 5.73 Å². The number of rotatable bonds is 1. The van der Waals surface area contributed by atoms with Crippen LogP contribution in [0.3, 0.4) is 0 Å². The van der Waals surface area contributed by atoms with Crippen molar-refractivity contribution in [3.05, 3.63) is 34.0 Å². The zero-order chi connectivity index (χ0) is 12.7. The molecule has 2 rings (SSSR count). The molecule has 3 N–H and O–H groups in total. The third kappa shape index (κ3) is 1.71. The number of nitrogens with two attached hydrogens (primary N) is 1. The molecular formula is C14H19N3. The number of aromatic nitrogens is 2. The molecule has 2 aromatic rings. The molecule has 0 aliphatic rings. The predicted octanol–water partition coefficient (Wildman–Crippen LogP) is 3.20. The Hall–Kier alpha value is -1.77. The van der Waals surface area contributed by atoms with Crippen LogP contribution in [0.15, 0.2) is 6.07 Å². The average Bonchev–Trinajstić information content (AvgIpc) is 2.58. The molecule has 0 atom stereocenters. The molecule has 1 heterocycles. The number of H-pyrrole nitrogens is 1. The summed E-state index contributed by atoms with van der Waals surface area (Å²) in [7, 11) is 0. The number of anilines is 1. The van der Waals surface area contributed by atoms with Gasteiger partial charge in [0.1, 0.15) is 0 Å². The Morgan fingerprint density at radius 2 is 1.47 bits per heavy atom. The van der Waals surface area contributed by atoms with Crippen LogP contribution in [0.2, 0.25) is 0 Å². The lowest BCUT2D eigenvalue weighted by molar-refractivity contribution is 1.05. The molecule has 0 spiro atoms. The summed E-state index contributed by atoms with van der Waals surface area (Å²) in [6.45, 7) is 10.6. The van der Waals surface area contributed by atoms with Crippen molar-refractivity contribution < 1.29 is 0 Å². The normalized spacial score (nSPS) is 10.9. The third-order valence-electron chi connectivity index (χ3n) is 3.59. The summed E-state index contributed by atoms with van der Waals surface area (Å²) in [5, 5.41) is 7.04. The lowest BCUT2D eigenvalue weighted by Gasteiger charge is -2.15. The first-order valence-corrected chi connectivity index (χ1v) is 5.81. The number of nitrogens with one attached hydrogen (secondary N) is 1. The van der Waals surface area contributed by atoms with Crippen LogP contribution in [0.5, 0.6) is 0 Å². The maximum absolute atomic E-state index is 5.97. The second kappa shape index (κ2) is 3.91. The first kappa shape index (κ1) is 11.7. The Labute approximate surface area is 102 Å². The van der Waals surface area contributed by atoms with E-state index in [1.54, 1.807) is 0 Å². The number of nitrogen functional groups attached to an aromatic ring is 1. The highest BCUT2D eigenvalue weighted by Gasteiger charge is 2.16. The van der Waals surface area contributed by atoms with Gasteiger partial charge in [-0.15, -0.1) is 0 Å². The van der Waals surface area contributed by atoms with Gasteiger partial charge in [-0.3, -0.25) is 5.10 Å². The SMILES string of the molecule is Cc1cc(C)c(C)c(-c2c(N)n[nH]c2C)c1C. The average molecular weight is 229 g/mol. The van der Waals surface area contributed by atoms with Crippen molar-refractivity contribution in [2.45, 2.75) is 34.6 Å². The van der Waals surface area contributed by atoms with Gasteiger partial charge in [-0.1, -0.05) is 6.07 Å². The highest BCUT2D eigenvalue weighted by Crippen LogP contribution is 2.35. The van der Waals surface area contributed by atoms with Gasteiger partial charge in [0.2, 0.25) is 0 Å². The van der Waals surface area contributed by atoms with Crippen LogP contribution in [-0.2, 0) is 0 Å².